The van der Waals surface area contributed by atoms with Gasteiger partial charge in [-0.15, -0.1) is 12.6 Å². The number of hydrogen-bond acceptors (Lipinski definition) is 16. The molecule has 3 saturated carbocycles. The highest BCUT2D eigenvalue weighted by atomic mass is 32.2. The van der Waals surface area contributed by atoms with E-state index in [0.717, 1.165) is 37.1 Å². The van der Waals surface area contributed by atoms with Crippen LogP contribution in [0, 0.1) is 39.4 Å². The van der Waals surface area contributed by atoms with Crippen LogP contribution in [0.3, 0.4) is 0 Å². The summed E-state index contributed by atoms with van der Waals surface area (Å²) in [5.74, 6) is 7.58. The average molecular weight is 960 g/mol. The summed E-state index contributed by atoms with van der Waals surface area (Å²) >= 11 is 6.38. The van der Waals surface area contributed by atoms with Crippen LogP contribution >= 0.6 is 24.7 Å². The number of carbonyl (C=O) groups excluding carboxylic acids is 3. The Kier molecular flexibility index (Phi) is 12.4. The van der Waals surface area contributed by atoms with Gasteiger partial charge in [0.05, 0.1) is 60.3 Å². The lowest BCUT2D eigenvalue weighted by atomic mass is 9.36. The van der Waals surface area contributed by atoms with Gasteiger partial charge >= 0.3 is 12.1 Å². The second-order valence-corrected chi connectivity index (χ2v) is 20.3. The van der Waals surface area contributed by atoms with Crippen molar-refractivity contribution in [1.29, 1.82) is 0 Å². The maximum absolute atomic E-state index is 14.1. The monoisotopic (exact) mass is 959 g/mol. The number of amides is 5. The van der Waals surface area contributed by atoms with Crippen LogP contribution in [-0.2, 0) is 18.6 Å². The van der Waals surface area contributed by atoms with Gasteiger partial charge in [0.1, 0.15) is 0 Å². The highest BCUT2D eigenvalue weighted by molar-refractivity contribution is 7.93. The number of hydrogen-bond donors (Lipinski definition) is 8. The highest BCUT2D eigenvalue weighted by Crippen LogP contribution is 2.84. The van der Waals surface area contributed by atoms with Crippen LogP contribution in [0.2, 0.25) is 0 Å². The van der Waals surface area contributed by atoms with Gasteiger partial charge in [-0.25, -0.2) is 20.4 Å². The quantitative estimate of drug-likeness (QED) is 0.0236. The number of likely N-dealkylation sites (N-methyl/N-ethyl adjacent to an activating group) is 1. The Balaban J connectivity index is 1.33. The van der Waals surface area contributed by atoms with E-state index in [-0.39, 0.29) is 42.9 Å². The molecule has 11 N–H and O–H groups in total. The lowest BCUT2D eigenvalue weighted by Crippen LogP contribution is -2.69. The van der Waals surface area contributed by atoms with Crippen molar-refractivity contribution in [2.45, 2.75) is 63.9 Å². The van der Waals surface area contributed by atoms with Gasteiger partial charge in [0.2, 0.25) is 6.41 Å². The van der Waals surface area contributed by atoms with Crippen molar-refractivity contribution in [2.24, 2.45) is 67.4 Å². The minimum Gasteiger partial charge on any atom is -0.480 e. The molecule has 21 heteroatoms. The molecule has 8 unspecified atom stereocenters. The molecule has 9 aliphatic rings. The largest absolute Gasteiger partial charge is 0.480 e. The minimum absolute atomic E-state index is 0.179. The van der Waals surface area contributed by atoms with Gasteiger partial charge in [-0.1, -0.05) is 31.6 Å². The molecule has 6 bridgehead atoms. The summed E-state index contributed by atoms with van der Waals surface area (Å²) in [6.45, 7) is 4.42. The molecule has 67 heavy (non-hydrogen) atoms. The Morgan fingerprint density at radius 1 is 1.15 bits per heavy atom. The molecule has 0 aromatic rings. The third kappa shape index (κ3) is 7.37. The summed E-state index contributed by atoms with van der Waals surface area (Å²) in [5.41, 5.74) is 18.6. The van der Waals surface area contributed by atoms with Crippen molar-refractivity contribution in [3.05, 3.63) is 94.2 Å². The Bertz CT molecular complexity index is 2350. The van der Waals surface area contributed by atoms with Crippen molar-refractivity contribution >= 4 is 49.4 Å². The minimum atomic E-state index is -1.01. The molecule has 362 valence electrons. The van der Waals surface area contributed by atoms with Gasteiger partial charge in [0.25, 0.3) is 0 Å². The van der Waals surface area contributed by atoms with Gasteiger partial charge in [-0.05, 0) is 80.4 Å². The Morgan fingerprint density at radius 2 is 1.96 bits per heavy atom. The fraction of sp³-hybridized carbons (Fsp3) is 0.565. The second kappa shape index (κ2) is 17.7. The van der Waals surface area contributed by atoms with Crippen LogP contribution in [0.4, 0.5) is 9.59 Å². The van der Waals surface area contributed by atoms with Gasteiger partial charge < -0.3 is 47.5 Å². The number of nitrogens with zero attached hydrogens (tertiary/aromatic N) is 6. The second-order valence-electron chi connectivity index (χ2n) is 19.4. The van der Waals surface area contributed by atoms with E-state index >= 15 is 0 Å². The number of thiol groups is 1. The number of allylic oxidation sites excluding steroid dienone is 6. The van der Waals surface area contributed by atoms with Crippen molar-refractivity contribution in [3.63, 3.8) is 0 Å². The summed E-state index contributed by atoms with van der Waals surface area (Å²) in [6.07, 6.45) is 26.3. The number of urea groups is 2. The van der Waals surface area contributed by atoms with Gasteiger partial charge in [0.15, 0.2) is 11.7 Å². The normalized spacial score (nSPS) is 38.7. The van der Waals surface area contributed by atoms with Crippen molar-refractivity contribution in [1.82, 2.24) is 40.7 Å². The highest BCUT2D eigenvalue weighted by Gasteiger charge is 2.83. The summed E-state index contributed by atoms with van der Waals surface area (Å²) in [7, 11) is 3.60. The molecule has 8 atom stereocenters. The third-order valence-electron chi connectivity index (χ3n) is 16.1. The number of aliphatic imine (C=N–C) groups is 1. The number of ether oxygens (including phenoxy) is 2. The molecule has 5 amide bonds. The van der Waals surface area contributed by atoms with Crippen LogP contribution in [-0.4, -0.2) is 115 Å². The van der Waals surface area contributed by atoms with Crippen molar-refractivity contribution in [3.8, 4) is 0 Å². The molecule has 6 aliphatic heterocycles. The van der Waals surface area contributed by atoms with E-state index in [9.17, 15) is 14.4 Å². The van der Waals surface area contributed by atoms with E-state index in [4.69, 9.17) is 49.4 Å². The number of nitrogens with one attached hydrogen (secondary N) is 3. The molecular formula is C46H65N13O6S2. The van der Waals surface area contributed by atoms with Crippen LogP contribution in [0.25, 0.3) is 0 Å². The number of rotatable bonds is 14. The van der Waals surface area contributed by atoms with Crippen molar-refractivity contribution < 1.29 is 28.1 Å². The Labute approximate surface area is 402 Å². The van der Waals surface area contributed by atoms with Crippen LogP contribution in [0.1, 0.15) is 58.3 Å². The fourth-order valence-corrected chi connectivity index (χ4v) is 14.5. The molecule has 19 nitrogen and oxygen atoms in total. The first-order valence-electron chi connectivity index (χ1n) is 23.1. The first-order chi connectivity index (χ1) is 32.2. The lowest BCUT2D eigenvalue weighted by molar-refractivity contribution is -0.210. The van der Waals surface area contributed by atoms with Gasteiger partial charge in [0, 0.05) is 91.5 Å². The molecule has 0 aromatic carbocycles. The maximum atomic E-state index is 14.1. The fourth-order valence-electron chi connectivity index (χ4n) is 13.9. The zero-order chi connectivity index (χ0) is 47.5. The van der Waals surface area contributed by atoms with E-state index < -0.39 is 27.3 Å². The summed E-state index contributed by atoms with van der Waals surface area (Å²) in [6, 6.07) is -0.698. The standard InChI is InChI=1S/C46H65N13O6S2/c1-5-6-11-52-35(48)19-42-15-29(14-38(66)55(3)23-30(16-42)53-28-60)39-34-7-8-44(45(27-42)10-13-64-46(39,45)17-31-24-56(40(61)54-31)33(21-47)22-51-2)9-12-63-36(49)20-43(34,44)18-32-25-57(41(62)59(32)50)37-26-58(37)65-67-4/h14,16-22,26,28-29,34,39,52,66H,5-13,15,23-25,27,47-50H2,1-4H3,(H,53,60)(H,54,61)/b30-16+,31-17-,32-18+,33-21?,35-19+,38-14-,51-22?. The third-order valence-corrected chi connectivity index (χ3v) is 16.9. The molecular weight excluding hydrogens is 895 g/mol. The first-order valence-corrected chi connectivity index (χ1v) is 24.7. The maximum Gasteiger partial charge on any atom is 0.344 e. The molecule has 3 aliphatic carbocycles. The zero-order valence-corrected chi connectivity index (χ0v) is 40.4. The van der Waals surface area contributed by atoms with E-state index in [1.54, 1.807) is 34.3 Å². The molecule has 3 saturated heterocycles. The smallest absolute Gasteiger partial charge is 0.344 e. The molecule has 6 heterocycles. The first kappa shape index (κ1) is 46.9. The van der Waals surface area contributed by atoms with E-state index in [1.165, 1.54) is 23.3 Å². The molecule has 0 aromatic heterocycles. The number of unbranched alkanes of at least 4 members (excludes halogenated alkanes) is 1. The topological polar surface area (TPSA) is 247 Å². The van der Waals surface area contributed by atoms with Crippen LogP contribution in [0.5, 0.6) is 0 Å². The van der Waals surface area contributed by atoms with Crippen molar-refractivity contribution in [2.75, 3.05) is 59.7 Å². The lowest BCUT2D eigenvalue weighted by Gasteiger charge is -2.68. The number of hydrazine groups is 1. The Morgan fingerprint density at radius 3 is 2.70 bits per heavy atom. The predicted octanol–water partition coefficient (Wildman–Crippen LogP) is 3.53. The molecule has 0 spiro atoms. The predicted molar refractivity (Wildman–Crippen MR) is 258 cm³/mol. The molecule has 6 fully saturated rings. The van der Waals surface area contributed by atoms with E-state index in [0.29, 0.717) is 92.3 Å². The summed E-state index contributed by atoms with van der Waals surface area (Å²) < 4.78 is 19.6. The average Bonchev–Trinajstić information content (AvgIpc) is 3.63. The van der Waals surface area contributed by atoms with Gasteiger partial charge in [-0.2, -0.15) is 9.35 Å². The van der Waals surface area contributed by atoms with E-state index in [1.807, 2.05) is 18.2 Å². The number of nitrogens with two attached hydrogens (primary N) is 4. The molecule has 9 rings (SSSR count). The number of hydroxylamine groups is 2. The Hall–Kier alpha value is -5.22. The van der Waals surface area contributed by atoms with Crippen LogP contribution in [0.15, 0.2) is 99.2 Å². The summed E-state index contributed by atoms with van der Waals surface area (Å²) in [4.78, 5) is 49.9. The van der Waals surface area contributed by atoms with E-state index in [2.05, 4.69) is 64.3 Å². The number of fused-ring (bicyclic) bond motifs is 4. The van der Waals surface area contributed by atoms with Crippen LogP contribution < -0.4 is 39.0 Å². The number of carbonyl (C=O) groups is 3. The zero-order valence-electron chi connectivity index (χ0n) is 38.7. The molecule has 0 radical (unpaired) electrons. The van der Waals surface area contributed by atoms with Gasteiger partial charge in [-0.3, -0.25) is 19.6 Å². The summed E-state index contributed by atoms with van der Waals surface area (Å²) in [5, 5.41) is 13.3. The SMILES string of the molecule is CCCCN/C(N)=C/C12/C=C(/NC=O)CN(C)/C(S)=C/C(C1)C1C3CCC4(CCOC(N)=CC34/C=C3\CN(C4=CN4OSC)C(=O)N3N)C3(CCOC13/C=C1/CN(C(C=NC)=CN)C(=O)N1)C2.